The number of hydrogen-bond acceptors (Lipinski definition) is 4. The number of amides is 1. The fraction of sp³-hybridized carbons (Fsp3) is 0.0556. The van der Waals surface area contributed by atoms with Gasteiger partial charge in [0.1, 0.15) is 11.0 Å². The molecule has 2 aromatic heterocycles. The lowest BCUT2D eigenvalue weighted by Crippen LogP contribution is -2.13. The summed E-state index contributed by atoms with van der Waals surface area (Å²) in [6.45, 7) is 0. The summed E-state index contributed by atoms with van der Waals surface area (Å²) in [7, 11) is 1.57. The third-order valence-corrected chi connectivity index (χ3v) is 4.32. The van der Waals surface area contributed by atoms with Crippen molar-refractivity contribution in [2.75, 3.05) is 5.32 Å². The van der Waals surface area contributed by atoms with Crippen molar-refractivity contribution < 1.29 is 13.6 Å². The molecule has 6 nitrogen and oxygen atoms in total. The Morgan fingerprint density at radius 2 is 2.04 bits per heavy atom. The maximum Gasteiger partial charge on any atom is 0.419 e. The minimum Gasteiger partial charge on any atom is -0.408 e. The SMILES string of the molecule is Cn1c(=O)oc2ccc(NC(=O)c3cc4ccc(F)cc4nc3Cl)cc21. The Kier molecular flexibility index (Phi) is 3.73. The second-order valence-electron chi connectivity index (χ2n) is 5.73. The number of aromatic nitrogens is 2. The molecule has 0 bridgehead atoms. The predicted molar refractivity (Wildman–Crippen MR) is 96.1 cm³/mol. The molecule has 4 aromatic rings. The van der Waals surface area contributed by atoms with E-state index in [1.807, 2.05) is 0 Å². The summed E-state index contributed by atoms with van der Waals surface area (Å²) in [5.41, 5.74) is 1.96. The number of carbonyl (C=O) groups is 1. The van der Waals surface area contributed by atoms with Crippen molar-refractivity contribution in [1.29, 1.82) is 0 Å². The van der Waals surface area contributed by atoms with Crippen molar-refractivity contribution >= 4 is 45.2 Å². The average Bonchev–Trinajstić information content (AvgIpc) is 2.88. The van der Waals surface area contributed by atoms with E-state index in [1.165, 1.54) is 22.8 Å². The number of pyridine rings is 1. The third kappa shape index (κ3) is 2.72. The van der Waals surface area contributed by atoms with Crippen molar-refractivity contribution in [2.45, 2.75) is 0 Å². The van der Waals surface area contributed by atoms with Gasteiger partial charge in [0.05, 0.1) is 16.6 Å². The highest BCUT2D eigenvalue weighted by molar-refractivity contribution is 6.33. The molecule has 4 rings (SSSR count). The minimum atomic E-state index is -0.488. The lowest BCUT2D eigenvalue weighted by Gasteiger charge is -2.08. The van der Waals surface area contributed by atoms with E-state index in [0.717, 1.165) is 0 Å². The normalized spacial score (nSPS) is 11.2. The molecule has 0 fully saturated rings. The molecule has 26 heavy (non-hydrogen) atoms. The highest BCUT2D eigenvalue weighted by atomic mass is 35.5. The molecule has 0 saturated carbocycles. The fourth-order valence-corrected chi connectivity index (χ4v) is 2.91. The summed E-state index contributed by atoms with van der Waals surface area (Å²) in [5.74, 6) is -1.39. The summed E-state index contributed by atoms with van der Waals surface area (Å²) in [4.78, 5) is 28.2. The van der Waals surface area contributed by atoms with E-state index in [-0.39, 0.29) is 10.7 Å². The van der Waals surface area contributed by atoms with Gasteiger partial charge in [-0.25, -0.2) is 14.2 Å². The maximum atomic E-state index is 13.3. The van der Waals surface area contributed by atoms with E-state index < -0.39 is 17.5 Å². The average molecular weight is 372 g/mol. The number of anilines is 1. The Labute approximate surface area is 150 Å². The summed E-state index contributed by atoms with van der Waals surface area (Å²) in [6, 6.07) is 10.4. The molecule has 0 aliphatic carbocycles. The molecule has 2 heterocycles. The van der Waals surface area contributed by atoms with Gasteiger partial charge >= 0.3 is 5.76 Å². The summed E-state index contributed by atoms with van der Waals surface area (Å²) in [6.07, 6.45) is 0. The molecule has 0 aliphatic rings. The van der Waals surface area contributed by atoms with Crippen LogP contribution in [-0.4, -0.2) is 15.5 Å². The van der Waals surface area contributed by atoms with Gasteiger partial charge in [-0.15, -0.1) is 0 Å². The van der Waals surface area contributed by atoms with Gasteiger partial charge in [0.2, 0.25) is 0 Å². The van der Waals surface area contributed by atoms with Gasteiger partial charge in [0.15, 0.2) is 5.58 Å². The second kappa shape index (κ2) is 5.96. The van der Waals surface area contributed by atoms with Gasteiger partial charge in [0, 0.05) is 24.2 Å². The van der Waals surface area contributed by atoms with Gasteiger partial charge in [-0.05, 0) is 36.4 Å². The lowest BCUT2D eigenvalue weighted by atomic mass is 10.1. The standard InChI is InChI=1S/C18H11ClFN3O3/c1-23-14-8-11(4-5-15(14)26-18(23)25)21-17(24)12-6-9-2-3-10(20)7-13(9)22-16(12)19/h2-8H,1H3,(H,21,24). The van der Waals surface area contributed by atoms with Crippen LogP contribution in [-0.2, 0) is 7.05 Å². The van der Waals surface area contributed by atoms with E-state index in [1.54, 1.807) is 31.3 Å². The number of halogens is 2. The number of rotatable bonds is 2. The number of carbonyl (C=O) groups excluding carboxylic acids is 1. The monoisotopic (exact) mass is 371 g/mol. The first-order valence-corrected chi connectivity index (χ1v) is 7.97. The van der Waals surface area contributed by atoms with Gasteiger partial charge in [0.25, 0.3) is 5.91 Å². The van der Waals surface area contributed by atoms with E-state index in [2.05, 4.69) is 10.3 Å². The quantitative estimate of drug-likeness (QED) is 0.545. The van der Waals surface area contributed by atoms with Crippen LogP contribution in [0.15, 0.2) is 51.7 Å². The van der Waals surface area contributed by atoms with Crippen molar-refractivity contribution in [3.05, 3.63) is 69.5 Å². The molecule has 130 valence electrons. The summed E-state index contributed by atoms with van der Waals surface area (Å²) in [5, 5.41) is 3.27. The summed E-state index contributed by atoms with van der Waals surface area (Å²) < 4.78 is 19.7. The number of aryl methyl sites for hydroxylation is 1. The molecule has 0 atom stereocenters. The zero-order valence-corrected chi connectivity index (χ0v) is 14.2. The van der Waals surface area contributed by atoms with Gasteiger partial charge in [-0.2, -0.15) is 0 Å². The van der Waals surface area contributed by atoms with E-state index >= 15 is 0 Å². The van der Waals surface area contributed by atoms with Crippen molar-refractivity contribution in [2.24, 2.45) is 7.05 Å². The van der Waals surface area contributed by atoms with Crippen LogP contribution in [0.25, 0.3) is 22.0 Å². The zero-order chi connectivity index (χ0) is 18.4. The van der Waals surface area contributed by atoms with Crippen LogP contribution in [0.2, 0.25) is 5.15 Å². The molecular weight excluding hydrogens is 361 g/mol. The van der Waals surface area contributed by atoms with E-state index in [0.29, 0.717) is 27.7 Å². The first-order chi connectivity index (χ1) is 12.4. The molecule has 8 heteroatoms. The van der Waals surface area contributed by atoms with Crippen LogP contribution >= 0.6 is 11.6 Å². The number of nitrogens with one attached hydrogen (secondary N) is 1. The van der Waals surface area contributed by atoms with Crippen LogP contribution in [0.5, 0.6) is 0 Å². The molecular formula is C18H11ClFN3O3. The Morgan fingerprint density at radius 3 is 2.85 bits per heavy atom. The molecule has 0 aliphatic heterocycles. The number of fused-ring (bicyclic) bond motifs is 2. The minimum absolute atomic E-state index is 0.0302. The molecule has 0 radical (unpaired) electrons. The molecule has 0 spiro atoms. The van der Waals surface area contributed by atoms with E-state index in [4.69, 9.17) is 16.0 Å². The highest BCUT2D eigenvalue weighted by Gasteiger charge is 2.15. The molecule has 0 unspecified atom stereocenters. The zero-order valence-electron chi connectivity index (χ0n) is 13.4. The van der Waals surface area contributed by atoms with Crippen LogP contribution in [0.4, 0.5) is 10.1 Å². The Morgan fingerprint density at radius 1 is 1.23 bits per heavy atom. The summed E-state index contributed by atoms with van der Waals surface area (Å²) >= 11 is 6.09. The van der Waals surface area contributed by atoms with E-state index in [9.17, 15) is 14.0 Å². The van der Waals surface area contributed by atoms with Gasteiger partial charge < -0.3 is 9.73 Å². The molecule has 1 amide bonds. The number of hydrogen-bond donors (Lipinski definition) is 1. The number of nitrogens with zero attached hydrogens (tertiary/aromatic N) is 2. The fourth-order valence-electron chi connectivity index (χ4n) is 2.68. The largest absolute Gasteiger partial charge is 0.419 e. The predicted octanol–water partition coefficient (Wildman–Crippen LogP) is 3.72. The molecule has 0 saturated heterocycles. The van der Waals surface area contributed by atoms with Crippen LogP contribution in [0.3, 0.4) is 0 Å². The number of oxazole rings is 1. The first kappa shape index (κ1) is 16.3. The van der Waals surface area contributed by atoms with Crippen LogP contribution in [0.1, 0.15) is 10.4 Å². The van der Waals surface area contributed by atoms with Gasteiger partial charge in [-0.1, -0.05) is 11.6 Å². The Bertz CT molecular complexity index is 1250. The molecule has 1 N–H and O–H groups in total. The van der Waals surface area contributed by atoms with Crippen molar-refractivity contribution in [1.82, 2.24) is 9.55 Å². The Balaban J connectivity index is 1.71. The Hall–Kier alpha value is -3.19. The highest BCUT2D eigenvalue weighted by Crippen LogP contribution is 2.23. The van der Waals surface area contributed by atoms with Crippen LogP contribution in [0, 0.1) is 5.82 Å². The smallest absolute Gasteiger partial charge is 0.408 e. The maximum absolute atomic E-state index is 13.3. The van der Waals surface area contributed by atoms with Crippen molar-refractivity contribution in [3.63, 3.8) is 0 Å². The molecule has 2 aromatic carbocycles. The number of benzene rings is 2. The van der Waals surface area contributed by atoms with Crippen LogP contribution < -0.4 is 11.1 Å². The third-order valence-electron chi connectivity index (χ3n) is 4.03. The lowest BCUT2D eigenvalue weighted by molar-refractivity contribution is 0.102. The topological polar surface area (TPSA) is 77.1 Å². The first-order valence-electron chi connectivity index (χ1n) is 7.59. The van der Waals surface area contributed by atoms with Crippen molar-refractivity contribution in [3.8, 4) is 0 Å². The second-order valence-corrected chi connectivity index (χ2v) is 6.09. The van der Waals surface area contributed by atoms with Gasteiger partial charge in [-0.3, -0.25) is 9.36 Å².